The van der Waals surface area contributed by atoms with Gasteiger partial charge in [-0.2, -0.15) is 20.7 Å². The van der Waals surface area contributed by atoms with Gasteiger partial charge in [-0.1, -0.05) is 11.6 Å². The van der Waals surface area contributed by atoms with Gasteiger partial charge in [-0.05, 0) is 46.3 Å². The van der Waals surface area contributed by atoms with Crippen LogP contribution in [0.5, 0.6) is 0 Å². The lowest BCUT2D eigenvalue weighted by Crippen LogP contribution is -2.04. The molecule has 2 heterocycles. The zero-order valence-electron chi connectivity index (χ0n) is 15.7. The molecule has 156 valence electrons. The van der Waals surface area contributed by atoms with E-state index in [2.05, 4.69) is 53.0 Å². The molecule has 8 nitrogen and oxygen atoms in total. The molecule has 0 aliphatic rings. The number of nitrogens with one attached hydrogen (secondary N) is 3. The number of rotatable bonds is 6. The maximum atomic E-state index is 13.5. The monoisotopic (exact) mass is 501 g/mol. The van der Waals surface area contributed by atoms with Gasteiger partial charge < -0.3 is 15.7 Å². The molecule has 0 saturated heterocycles. The molecule has 2 aromatic carbocycles. The number of fused-ring (bicyclic) bond motifs is 1. The summed E-state index contributed by atoms with van der Waals surface area (Å²) in [7, 11) is 0. The van der Waals surface area contributed by atoms with Crippen molar-refractivity contribution in [3.63, 3.8) is 0 Å². The molecule has 0 aliphatic heterocycles. The Bertz CT molecular complexity index is 1320. The second-order valence-corrected chi connectivity index (χ2v) is 7.76. The predicted molar refractivity (Wildman–Crippen MR) is 118 cm³/mol. The van der Waals surface area contributed by atoms with Gasteiger partial charge in [0.25, 0.3) is 0 Å². The minimum atomic E-state index is -0.531. The summed E-state index contributed by atoms with van der Waals surface area (Å²) in [4.78, 5) is 4.38. The van der Waals surface area contributed by atoms with Crippen LogP contribution in [0.3, 0.4) is 0 Å². The van der Waals surface area contributed by atoms with E-state index >= 15 is 0 Å². The first-order valence-electron chi connectivity index (χ1n) is 8.98. The number of H-pyrrole nitrogens is 1. The first-order valence-corrected chi connectivity index (χ1v) is 10.1. The lowest BCUT2D eigenvalue weighted by atomic mass is 10.1. The van der Waals surface area contributed by atoms with E-state index in [1.165, 1.54) is 24.4 Å². The number of nitrogens with zero attached hydrogens (tertiary/aromatic N) is 4. The van der Waals surface area contributed by atoms with E-state index < -0.39 is 5.82 Å². The van der Waals surface area contributed by atoms with Crippen LogP contribution in [0.2, 0.25) is 5.02 Å². The molecule has 4 aromatic rings. The van der Waals surface area contributed by atoms with Gasteiger partial charge in [-0.25, -0.2) is 4.39 Å². The minimum absolute atomic E-state index is 0.0299. The third-order valence-electron chi connectivity index (χ3n) is 4.55. The average molecular weight is 503 g/mol. The Balaban J connectivity index is 1.75. The van der Waals surface area contributed by atoms with Gasteiger partial charge in [0.2, 0.25) is 0 Å². The molecular formula is C20H14BrClFN7O. The smallest absolute Gasteiger partial charge is 0.141 e. The first-order chi connectivity index (χ1) is 15.0. The van der Waals surface area contributed by atoms with Gasteiger partial charge >= 0.3 is 0 Å². The van der Waals surface area contributed by atoms with Gasteiger partial charge in [0.15, 0.2) is 0 Å². The second-order valence-electron chi connectivity index (χ2n) is 6.50. The largest absolute Gasteiger partial charge is 0.390 e. The van der Waals surface area contributed by atoms with Gasteiger partial charge in [0.1, 0.15) is 23.3 Å². The molecule has 0 radical (unpaired) electrons. The van der Waals surface area contributed by atoms with E-state index in [4.69, 9.17) is 11.6 Å². The molecule has 2 aromatic heterocycles. The molecule has 0 atom stereocenters. The quantitative estimate of drug-likeness (QED) is 0.303. The Hall–Kier alpha value is -3.26. The van der Waals surface area contributed by atoms with Crippen LogP contribution in [0.15, 0.2) is 41.0 Å². The van der Waals surface area contributed by atoms with E-state index in [0.717, 1.165) is 5.69 Å². The van der Waals surface area contributed by atoms with Crippen LogP contribution in [0.25, 0.3) is 10.9 Å². The normalized spacial score (nSPS) is 10.8. The van der Waals surface area contributed by atoms with Crippen molar-refractivity contribution in [2.75, 3.05) is 10.6 Å². The van der Waals surface area contributed by atoms with Crippen LogP contribution >= 0.6 is 27.5 Å². The Morgan fingerprint density at radius 3 is 2.74 bits per heavy atom. The van der Waals surface area contributed by atoms with E-state index in [0.29, 0.717) is 50.2 Å². The van der Waals surface area contributed by atoms with Crippen molar-refractivity contribution in [1.82, 2.24) is 20.4 Å². The lowest BCUT2D eigenvalue weighted by Gasteiger charge is -2.14. The summed E-state index contributed by atoms with van der Waals surface area (Å²) in [5.74, 6) is -0.531. The summed E-state index contributed by atoms with van der Waals surface area (Å²) < 4.78 is 14.2. The van der Waals surface area contributed by atoms with Crippen molar-refractivity contribution >= 4 is 55.5 Å². The fourth-order valence-electron chi connectivity index (χ4n) is 3.03. The summed E-state index contributed by atoms with van der Waals surface area (Å²) in [5, 5.41) is 36.3. The van der Waals surface area contributed by atoms with Crippen LogP contribution in [0.1, 0.15) is 17.0 Å². The van der Waals surface area contributed by atoms with E-state index in [9.17, 15) is 14.8 Å². The van der Waals surface area contributed by atoms with Crippen molar-refractivity contribution in [3.8, 4) is 6.07 Å². The highest BCUT2D eigenvalue weighted by molar-refractivity contribution is 9.10. The van der Waals surface area contributed by atoms with Crippen molar-refractivity contribution in [1.29, 1.82) is 5.26 Å². The van der Waals surface area contributed by atoms with Gasteiger partial charge in [0.05, 0.1) is 34.9 Å². The molecular weight excluding hydrogens is 489 g/mol. The number of anilines is 3. The molecule has 0 fully saturated rings. The highest BCUT2D eigenvalue weighted by atomic mass is 79.9. The Morgan fingerprint density at radius 2 is 2.00 bits per heavy atom. The predicted octanol–water partition coefficient (Wildman–Crippen LogP) is 4.63. The van der Waals surface area contributed by atoms with Crippen LogP contribution in [0.4, 0.5) is 21.5 Å². The number of pyridine rings is 1. The van der Waals surface area contributed by atoms with Gasteiger partial charge in [0, 0.05) is 27.4 Å². The van der Waals surface area contributed by atoms with Crippen LogP contribution in [-0.2, 0) is 13.2 Å². The standard InChI is InChI=1S/C20H14BrClFN7O/c21-14-4-12(25-8-17-18(9-31)29-30-28-17)3-13-19(10(6-24)7-26-20(13)14)27-11-1-2-16(23)15(22)5-11/h1-5,7,25,31H,8-9H2,(H,26,27)(H,28,29,30). The molecule has 4 rings (SSSR count). The Kier molecular flexibility index (Phi) is 5.99. The number of halogens is 3. The molecule has 0 spiro atoms. The molecule has 31 heavy (non-hydrogen) atoms. The molecule has 0 unspecified atom stereocenters. The highest BCUT2D eigenvalue weighted by Gasteiger charge is 2.14. The number of hydrogen-bond donors (Lipinski definition) is 4. The third-order valence-corrected chi connectivity index (χ3v) is 5.44. The highest BCUT2D eigenvalue weighted by Crippen LogP contribution is 2.35. The molecule has 0 bridgehead atoms. The lowest BCUT2D eigenvalue weighted by molar-refractivity contribution is 0.275. The van der Waals surface area contributed by atoms with Crippen molar-refractivity contribution in [3.05, 3.63) is 68.8 Å². The maximum Gasteiger partial charge on any atom is 0.141 e. The summed E-state index contributed by atoms with van der Waals surface area (Å²) in [6.45, 7) is 0.102. The number of nitriles is 1. The number of aliphatic hydroxyl groups excluding tert-OH is 1. The van der Waals surface area contributed by atoms with E-state index in [1.54, 1.807) is 0 Å². The summed E-state index contributed by atoms with van der Waals surface area (Å²) in [5.41, 5.74) is 3.76. The number of aromatic nitrogens is 4. The summed E-state index contributed by atoms with van der Waals surface area (Å²) in [6, 6.07) is 10.0. The SMILES string of the molecule is N#Cc1cnc2c(Br)cc(NCc3n[nH]nc3CO)cc2c1Nc1ccc(F)c(Cl)c1. The Morgan fingerprint density at radius 1 is 1.19 bits per heavy atom. The van der Waals surface area contributed by atoms with Crippen molar-refractivity contribution in [2.45, 2.75) is 13.2 Å². The zero-order valence-corrected chi connectivity index (χ0v) is 18.1. The summed E-state index contributed by atoms with van der Waals surface area (Å²) >= 11 is 9.42. The van der Waals surface area contributed by atoms with E-state index in [1.807, 2.05) is 12.1 Å². The number of benzene rings is 2. The van der Waals surface area contributed by atoms with Crippen molar-refractivity contribution in [2.24, 2.45) is 0 Å². The maximum absolute atomic E-state index is 13.5. The molecule has 11 heteroatoms. The fourth-order valence-corrected chi connectivity index (χ4v) is 3.77. The molecule has 0 amide bonds. The minimum Gasteiger partial charge on any atom is -0.390 e. The average Bonchev–Trinajstić information content (AvgIpc) is 3.23. The fraction of sp³-hybridized carbons (Fsp3) is 0.100. The van der Waals surface area contributed by atoms with Gasteiger partial charge in [-0.3, -0.25) is 4.98 Å². The molecule has 0 saturated carbocycles. The van der Waals surface area contributed by atoms with Crippen LogP contribution < -0.4 is 10.6 Å². The van der Waals surface area contributed by atoms with Crippen LogP contribution in [0, 0.1) is 17.1 Å². The van der Waals surface area contributed by atoms with Crippen LogP contribution in [-0.4, -0.2) is 25.5 Å². The molecule has 0 aliphatic carbocycles. The number of aliphatic hydroxyl groups is 1. The molecule has 4 N–H and O–H groups in total. The van der Waals surface area contributed by atoms with E-state index in [-0.39, 0.29) is 11.6 Å². The Labute approximate surface area is 189 Å². The second kappa shape index (κ2) is 8.85. The third kappa shape index (κ3) is 4.29. The number of hydrogen-bond acceptors (Lipinski definition) is 7. The van der Waals surface area contributed by atoms with Gasteiger partial charge in [-0.15, -0.1) is 0 Å². The van der Waals surface area contributed by atoms with Crippen molar-refractivity contribution < 1.29 is 9.50 Å². The summed E-state index contributed by atoms with van der Waals surface area (Å²) in [6.07, 6.45) is 1.47. The number of aromatic amines is 1. The zero-order chi connectivity index (χ0) is 22.0. The topological polar surface area (TPSA) is 123 Å². The first kappa shape index (κ1) is 21.0.